The molecule has 0 aromatic carbocycles. The second kappa shape index (κ2) is 14.1. The van der Waals surface area contributed by atoms with Crippen molar-refractivity contribution in [3.8, 4) is 0 Å². The summed E-state index contributed by atoms with van der Waals surface area (Å²) in [7, 11) is 0. The van der Waals surface area contributed by atoms with Gasteiger partial charge in [0.2, 0.25) is 5.91 Å². The number of rotatable bonds is 11. The van der Waals surface area contributed by atoms with E-state index in [1.54, 1.807) is 0 Å². The van der Waals surface area contributed by atoms with Gasteiger partial charge in [-0.3, -0.25) is 9.79 Å². The highest BCUT2D eigenvalue weighted by Gasteiger charge is 1.97. The zero-order valence-corrected chi connectivity index (χ0v) is 13.1. The largest absolute Gasteiger partial charge is 0.381 e. The topological polar surface area (TPSA) is 74.8 Å². The van der Waals surface area contributed by atoms with E-state index in [1.807, 2.05) is 6.92 Å². The van der Waals surface area contributed by atoms with Crippen molar-refractivity contribution >= 4 is 11.9 Å². The summed E-state index contributed by atoms with van der Waals surface area (Å²) < 4.78 is 5.48. The average Bonchev–Trinajstić information content (AvgIpc) is 2.42. The molecule has 0 rings (SSSR count). The second-order valence-electron chi connectivity index (χ2n) is 4.49. The average molecular weight is 286 g/mol. The Kier molecular flexibility index (Phi) is 13.2. The van der Waals surface area contributed by atoms with Crippen LogP contribution in [0, 0.1) is 0 Å². The second-order valence-corrected chi connectivity index (χ2v) is 4.49. The van der Waals surface area contributed by atoms with Crippen LogP contribution in [-0.4, -0.2) is 51.3 Å². The van der Waals surface area contributed by atoms with E-state index in [9.17, 15) is 4.79 Å². The molecule has 0 heterocycles. The summed E-state index contributed by atoms with van der Waals surface area (Å²) in [6, 6.07) is 0. The lowest BCUT2D eigenvalue weighted by Gasteiger charge is -2.11. The molecular weight excluding hydrogens is 256 g/mol. The van der Waals surface area contributed by atoms with Crippen molar-refractivity contribution in [2.24, 2.45) is 4.99 Å². The molecule has 0 aliphatic heterocycles. The molecule has 0 fully saturated rings. The summed E-state index contributed by atoms with van der Waals surface area (Å²) in [6.07, 6.45) is 3.21. The highest BCUT2D eigenvalue weighted by atomic mass is 16.5. The number of carbonyl (C=O) groups is 1. The molecule has 0 aliphatic rings. The molecular formula is C14H30N4O2. The van der Waals surface area contributed by atoms with Crippen LogP contribution < -0.4 is 16.0 Å². The van der Waals surface area contributed by atoms with E-state index in [0.717, 1.165) is 45.1 Å². The Morgan fingerprint density at radius 1 is 1.05 bits per heavy atom. The Bertz CT molecular complexity index is 270. The Morgan fingerprint density at radius 2 is 1.75 bits per heavy atom. The van der Waals surface area contributed by atoms with Crippen LogP contribution in [0.4, 0.5) is 0 Å². The molecule has 0 aromatic heterocycles. The van der Waals surface area contributed by atoms with Crippen LogP contribution in [0.25, 0.3) is 0 Å². The number of nitrogens with one attached hydrogen (secondary N) is 3. The van der Waals surface area contributed by atoms with Crippen LogP contribution in [0.1, 0.15) is 40.0 Å². The van der Waals surface area contributed by atoms with Gasteiger partial charge in [0.05, 0.1) is 0 Å². The minimum atomic E-state index is -0.0158. The molecule has 118 valence electrons. The first kappa shape index (κ1) is 18.7. The molecule has 6 heteroatoms. The van der Waals surface area contributed by atoms with Crippen LogP contribution in [0.2, 0.25) is 0 Å². The Balaban J connectivity index is 3.69. The fourth-order valence-electron chi connectivity index (χ4n) is 1.47. The van der Waals surface area contributed by atoms with E-state index in [4.69, 9.17) is 4.74 Å². The van der Waals surface area contributed by atoms with Gasteiger partial charge in [-0.1, -0.05) is 13.3 Å². The van der Waals surface area contributed by atoms with E-state index in [1.165, 1.54) is 13.3 Å². The number of carbonyl (C=O) groups excluding carboxylic acids is 1. The lowest BCUT2D eigenvalue weighted by Crippen LogP contribution is -2.41. The SMILES string of the molecule is CCCCOCCCN=C(NCC)NCCNC(C)=O. The molecule has 0 saturated heterocycles. The zero-order valence-electron chi connectivity index (χ0n) is 13.1. The van der Waals surface area contributed by atoms with Crippen molar-refractivity contribution in [3.63, 3.8) is 0 Å². The van der Waals surface area contributed by atoms with Gasteiger partial charge in [0.15, 0.2) is 5.96 Å². The maximum absolute atomic E-state index is 10.7. The van der Waals surface area contributed by atoms with Crippen molar-refractivity contribution in [1.29, 1.82) is 0 Å². The summed E-state index contributed by atoms with van der Waals surface area (Å²) in [5.74, 6) is 0.768. The van der Waals surface area contributed by atoms with Crippen molar-refractivity contribution in [2.45, 2.75) is 40.0 Å². The van der Waals surface area contributed by atoms with Crippen LogP contribution >= 0.6 is 0 Å². The van der Waals surface area contributed by atoms with E-state index >= 15 is 0 Å². The summed E-state index contributed by atoms with van der Waals surface area (Å²) in [5.41, 5.74) is 0. The molecule has 0 aliphatic carbocycles. The lowest BCUT2D eigenvalue weighted by molar-refractivity contribution is -0.118. The third-order valence-electron chi connectivity index (χ3n) is 2.49. The molecule has 0 saturated carbocycles. The van der Waals surface area contributed by atoms with Gasteiger partial charge in [-0.25, -0.2) is 0 Å². The molecule has 0 unspecified atom stereocenters. The predicted molar refractivity (Wildman–Crippen MR) is 83.0 cm³/mol. The van der Waals surface area contributed by atoms with Gasteiger partial charge in [0, 0.05) is 46.3 Å². The van der Waals surface area contributed by atoms with Crippen molar-refractivity contribution in [3.05, 3.63) is 0 Å². The number of unbranched alkanes of at least 4 members (excludes halogenated alkanes) is 1. The van der Waals surface area contributed by atoms with Crippen molar-refractivity contribution in [2.75, 3.05) is 39.4 Å². The predicted octanol–water partition coefficient (Wildman–Crippen LogP) is 0.884. The van der Waals surface area contributed by atoms with Gasteiger partial charge in [0.25, 0.3) is 0 Å². The van der Waals surface area contributed by atoms with Crippen molar-refractivity contribution < 1.29 is 9.53 Å². The highest BCUT2D eigenvalue weighted by molar-refractivity contribution is 5.79. The third kappa shape index (κ3) is 13.1. The van der Waals surface area contributed by atoms with Crippen LogP contribution in [0.5, 0.6) is 0 Å². The fourth-order valence-corrected chi connectivity index (χ4v) is 1.47. The first-order chi connectivity index (χ1) is 9.70. The summed E-state index contributed by atoms with van der Waals surface area (Å²) in [4.78, 5) is 15.2. The number of ether oxygens (including phenoxy) is 1. The lowest BCUT2D eigenvalue weighted by atomic mass is 10.4. The molecule has 20 heavy (non-hydrogen) atoms. The Morgan fingerprint density at radius 3 is 2.40 bits per heavy atom. The minimum Gasteiger partial charge on any atom is -0.381 e. The summed E-state index contributed by atoms with van der Waals surface area (Å²) in [6.45, 7) is 10.1. The van der Waals surface area contributed by atoms with Crippen LogP contribution in [-0.2, 0) is 9.53 Å². The Hall–Kier alpha value is -1.30. The van der Waals surface area contributed by atoms with E-state index in [0.29, 0.717) is 13.1 Å². The monoisotopic (exact) mass is 286 g/mol. The maximum atomic E-state index is 10.7. The molecule has 0 radical (unpaired) electrons. The number of hydrogen-bond acceptors (Lipinski definition) is 3. The smallest absolute Gasteiger partial charge is 0.216 e. The molecule has 3 N–H and O–H groups in total. The van der Waals surface area contributed by atoms with Gasteiger partial charge >= 0.3 is 0 Å². The molecule has 1 amide bonds. The normalized spacial score (nSPS) is 11.2. The zero-order chi connectivity index (χ0) is 15.1. The van der Waals surface area contributed by atoms with Crippen molar-refractivity contribution in [1.82, 2.24) is 16.0 Å². The standard InChI is InChI=1S/C14H30N4O2/c1-4-6-11-20-12-7-8-17-14(15-5-2)18-10-9-16-13(3)19/h4-12H2,1-3H3,(H,16,19)(H2,15,17,18). The number of nitrogens with zero attached hydrogens (tertiary/aromatic N) is 1. The number of amides is 1. The third-order valence-corrected chi connectivity index (χ3v) is 2.49. The van der Waals surface area contributed by atoms with Gasteiger partial charge in [0.1, 0.15) is 0 Å². The quantitative estimate of drug-likeness (QED) is 0.299. The molecule has 6 nitrogen and oxygen atoms in total. The molecule has 0 bridgehead atoms. The molecule has 0 atom stereocenters. The maximum Gasteiger partial charge on any atom is 0.216 e. The van der Waals surface area contributed by atoms with E-state index < -0.39 is 0 Å². The van der Waals surface area contributed by atoms with Gasteiger partial charge < -0.3 is 20.7 Å². The van der Waals surface area contributed by atoms with Gasteiger partial charge in [-0.15, -0.1) is 0 Å². The highest BCUT2D eigenvalue weighted by Crippen LogP contribution is 1.90. The first-order valence-corrected chi connectivity index (χ1v) is 7.55. The fraction of sp³-hybridized carbons (Fsp3) is 0.857. The van der Waals surface area contributed by atoms with E-state index in [-0.39, 0.29) is 5.91 Å². The van der Waals surface area contributed by atoms with E-state index in [2.05, 4.69) is 27.9 Å². The van der Waals surface area contributed by atoms with Gasteiger partial charge in [-0.05, 0) is 19.8 Å². The summed E-state index contributed by atoms with van der Waals surface area (Å²) in [5, 5.41) is 9.07. The van der Waals surface area contributed by atoms with Gasteiger partial charge in [-0.2, -0.15) is 0 Å². The van der Waals surface area contributed by atoms with Crippen LogP contribution in [0.15, 0.2) is 4.99 Å². The first-order valence-electron chi connectivity index (χ1n) is 7.55. The summed E-state index contributed by atoms with van der Waals surface area (Å²) >= 11 is 0. The number of aliphatic imine (C=N–C) groups is 1. The minimum absolute atomic E-state index is 0.0158. The van der Waals surface area contributed by atoms with Crippen LogP contribution in [0.3, 0.4) is 0 Å². The molecule has 0 spiro atoms. The Labute approximate surface area is 122 Å². The molecule has 0 aromatic rings. The number of guanidine groups is 1. The number of hydrogen-bond donors (Lipinski definition) is 3.